The maximum Gasteiger partial charge on any atom is 0.0547 e. The van der Waals surface area contributed by atoms with Crippen LogP contribution in [0.1, 0.15) is 0 Å². The molecule has 14 rings (SSSR count). The standard InChI is InChI=1S/C66H42N2/c1-4-18-43(19-5-1)47-38-44-20-10-11-25-52(44)61(39-47)66-57-30-16-28-50(45-34-36-55-53-26-12-14-32-62(53)67(64(55)40-45)48-21-6-2-7-22-48)59(57)42-60-51(29-17-31-58(60)66)46-35-37-56-54-27-13-15-33-63(54)68(65(56)41-46)49-23-8-3-9-24-49/h1-42H. The molecule has 316 valence electrons. The summed E-state index contributed by atoms with van der Waals surface area (Å²) in [4.78, 5) is 0. The Morgan fingerprint density at radius 2 is 0.647 bits per heavy atom. The Kier molecular flexibility index (Phi) is 8.62. The van der Waals surface area contributed by atoms with E-state index in [1.165, 1.54) is 120 Å². The van der Waals surface area contributed by atoms with E-state index in [0.29, 0.717) is 0 Å². The number of para-hydroxylation sites is 4. The van der Waals surface area contributed by atoms with Gasteiger partial charge in [0.1, 0.15) is 0 Å². The molecule has 0 aliphatic heterocycles. The van der Waals surface area contributed by atoms with Gasteiger partial charge in [-0.15, -0.1) is 0 Å². The van der Waals surface area contributed by atoms with Crippen molar-refractivity contribution in [2.24, 2.45) is 0 Å². The van der Waals surface area contributed by atoms with Crippen molar-refractivity contribution >= 4 is 75.9 Å². The summed E-state index contributed by atoms with van der Waals surface area (Å²) in [5.41, 5.74) is 16.8. The van der Waals surface area contributed by atoms with Gasteiger partial charge in [0.15, 0.2) is 0 Å². The van der Waals surface area contributed by atoms with Crippen molar-refractivity contribution in [3.05, 3.63) is 255 Å². The van der Waals surface area contributed by atoms with Crippen LogP contribution in [0.2, 0.25) is 0 Å². The molecule has 0 radical (unpaired) electrons. The third-order valence-corrected chi connectivity index (χ3v) is 14.3. The van der Waals surface area contributed by atoms with Crippen molar-refractivity contribution in [3.63, 3.8) is 0 Å². The predicted octanol–water partition coefficient (Wildman–Crippen LogP) is 18.0. The molecule has 2 aromatic heterocycles. The summed E-state index contributed by atoms with van der Waals surface area (Å²) in [7, 11) is 0. The quantitative estimate of drug-likeness (QED) is 0.147. The van der Waals surface area contributed by atoms with Gasteiger partial charge in [-0.1, -0.05) is 188 Å². The topological polar surface area (TPSA) is 9.86 Å². The van der Waals surface area contributed by atoms with Gasteiger partial charge in [-0.05, 0) is 144 Å². The van der Waals surface area contributed by atoms with Crippen LogP contribution in [0.4, 0.5) is 0 Å². The maximum atomic E-state index is 2.48. The number of benzene rings is 12. The molecule has 0 saturated carbocycles. The van der Waals surface area contributed by atoms with Gasteiger partial charge >= 0.3 is 0 Å². The Morgan fingerprint density at radius 1 is 0.206 bits per heavy atom. The zero-order valence-corrected chi connectivity index (χ0v) is 37.1. The number of aromatic nitrogens is 2. The lowest BCUT2D eigenvalue weighted by Crippen LogP contribution is -1.94. The zero-order chi connectivity index (χ0) is 44.7. The molecule has 0 N–H and O–H groups in total. The van der Waals surface area contributed by atoms with Gasteiger partial charge in [0.25, 0.3) is 0 Å². The molecule has 2 nitrogen and oxygen atoms in total. The van der Waals surface area contributed by atoms with Crippen LogP contribution < -0.4 is 0 Å². The van der Waals surface area contributed by atoms with Crippen LogP contribution >= 0.6 is 0 Å². The zero-order valence-electron chi connectivity index (χ0n) is 37.1. The lowest BCUT2D eigenvalue weighted by atomic mass is 9.84. The summed E-state index contributed by atoms with van der Waals surface area (Å²) >= 11 is 0. The summed E-state index contributed by atoms with van der Waals surface area (Å²) in [5, 5.41) is 12.3. The van der Waals surface area contributed by atoms with E-state index in [0.717, 1.165) is 11.4 Å². The Hall–Kier alpha value is -8.98. The normalized spacial score (nSPS) is 11.8. The van der Waals surface area contributed by atoms with E-state index in [1.807, 2.05) is 0 Å². The molecule has 0 amide bonds. The van der Waals surface area contributed by atoms with Crippen LogP contribution in [0, 0.1) is 0 Å². The SMILES string of the molecule is c1ccc(-c2cc(-c3c4cccc(-c5ccc6c7ccccc7n(-c7ccccc7)c6c5)c4cc4c(-c5ccc6c7ccccc7n(-c7ccccc7)c6c5)cccc34)c3ccccc3c2)cc1. The summed E-state index contributed by atoms with van der Waals surface area (Å²) < 4.78 is 4.84. The van der Waals surface area contributed by atoms with E-state index < -0.39 is 0 Å². The predicted molar refractivity (Wildman–Crippen MR) is 289 cm³/mol. The molecule has 12 aromatic carbocycles. The molecule has 2 heterocycles. The second-order valence-electron chi connectivity index (χ2n) is 18.0. The van der Waals surface area contributed by atoms with E-state index in [-0.39, 0.29) is 0 Å². The Balaban J connectivity index is 1.09. The molecule has 2 heteroatoms. The van der Waals surface area contributed by atoms with E-state index in [9.17, 15) is 0 Å². The third-order valence-electron chi connectivity index (χ3n) is 14.3. The monoisotopic (exact) mass is 862 g/mol. The first-order valence-corrected chi connectivity index (χ1v) is 23.5. The fourth-order valence-corrected chi connectivity index (χ4v) is 11.3. The Bertz CT molecular complexity index is 4080. The van der Waals surface area contributed by atoms with Crippen LogP contribution in [-0.4, -0.2) is 9.13 Å². The first-order chi connectivity index (χ1) is 33.7. The first-order valence-electron chi connectivity index (χ1n) is 23.5. The average molecular weight is 863 g/mol. The lowest BCUT2D eigenvalue weighted by Gasteiger charge is -2.20. The first kappa shape index (κ1) is 38.3. The third kappa shape index (κ3) is 5.91. The van der Waals surface area contributed by atoms with Crippen molar-refractivity contribution in [1.82, 2.24) is 9.13 Å². The minimum absolute atomic E-state index is 1.15. The van der Waals surface area contributed by atoms with E-state index in [2.05, 4.69) is 264 Å². The Labute approximate surface area is 393 Å². The molecule has 0 fully saturated rings. The minimum atomic E-state index is 1.15. The van der Waals surface area contributed by atoms with Crippen LogP contribution in [0.3, 0.4) is 0 Å². The minimum Gasteiger partial charge on any atom is -0.309 e. The number of hydrogen-bond acceptors (Lipinski definition) is 0. The molecule has 0 aliphatic rings. The molecule has 0 spiro atoms. The molecule has 14 aromatic rings. The number of nitrogens with zero attached hydrogens (tertiary/aromatic N) is 2. The van der Waals surface area contributed by atoms with Crippen molar-refractivity contribution in [2.45, 2.75) is 0 Å². The highest BCUT2D eigenvalue weighted by molar-refractivity contribution is 6.23. The summed E-state index contributed by atoms with van der Waals surface area (Å²) in [6.45, 7) is 0. The smallest absolute Gasteiger partial charge is 0.0547 e. The van der Waals surface area contributed by atoms with Gasteiger partial charge < -0.3 is 9.13 Å². The highest BCUT2D eigenvalue weighted by atomic mass is 15.0. The van der Waals surface area contributed by atoms with Gasteiger partial charge in [0.05, 0.1) is 22.1 Å². The highest BCUT2D eigenvalue weighted by Crippen LogP contribution is 2.47. The van der Waals surface area contributed by atoms with Crippen molar-refractivity contribution in [2.75, 3.05) is 0 Å². The molecular formula is C66H42N2. The molecule has 0 bridgehead atoms. The van der Waals surface area contributed by atoms with E-state index >= 15 is 0 Å². The molecule has 0 aliphatic carbocycles. The van der Waals surface area contributed by atoms with Gasteiger partial charge in [-0.2, -0.15) is 0 Å². The molecule has 0 atom stereocenters. The summed E-state index contributed by atoms with van der Waals surface area (Å²) in [6.07, 6.45) is 0. The maximum absolute atomic E-state index is 2.48. The lowest BCUT2D eigenvalue weighted by molar-refractivity contribution is 1.18. The molecule has 68 heavy (non-hydrogen) atoms. The van der Waals surface area contributed by atoms with Gasteiger partial charge in [-0.3, -0.25) is 0 Å². The largest absolute Gasteiger partial charge is 0.309 e. The molecule has 0 saturated heterocycles. The van der Waals surface area contributed by atoms with Crippen LogP contribution in [0.25, 0.3) is 132 Å². The number of hydrogen-bond donors (Lipinski definition) is 0. The summed E-state index contributed by atoms with van der Waals surface area (Å²) in [6, 6.07) is 94.1. The average Bonchev–Trinajstić information content (AvgIpc) is 3.92. The van der Waals surface area contributed by atoms with Crippen LogP contribution in [0.5, 0.6) is 0 Å². The van der Waals surface area contributed by atoms with Crippen molar-refractivity contribution in [1.29, 1.82) is 0 Å². The van der Waals surface area contributed by atoms with E-state index in [1.54, 1.807) is 0 Å². The van der Waals surface area contributed by atoms with E-state index in [4.69, 9.17) is 0 Å². The fraction of sp³-hybridized carbons (Fsp3) is 0. The van der Waals surface area contributed by atoms with Crippen molar-refractivity contribution < 1.29 is 0 Å². The Morgan fingerprint density at radius 3 is 1.19 bits per heavy atom. The van der Waals surface area contributed by atoms with Crippen molar-refractivity contribution in [3.8, 4) is 55.9 Å². The van der Waals surface area contributed by atoms with Gasteiger partial charge in [0.2, 0.25) is 0 Å². The number of rotatable bonds is 6. The van der Waals surface area contributed by atoms with Crippen LogP contribution in [0.15, 0.2) is 255 Å². The number of fused-ring (bicyclic) bond motifs is 9. The van der Waals surface area contributed by atoms with Gasteiger partial charge in [0, 0.05) is 32.9 Å². The van der Waals surface area contributed by atoms with Gasteiger partial charge in [-0.25, -0.2) is 0 Å². The second-order valence-corrected chi connectivity index (χ2v) is 18.0. The second kappa shape index (κ2) is 15.3. The highest BCUT2D eigenvalue weighted by Gasteiger charge is 2.21. The summed E-state index contributed by atoms with van der Waals surface area (Å²) in [5.74, 6) is 0. The molecule has 0 unspecified atom stereocenters. The van der Waals surface area contributed by atoms with Crippen LogP contribution in [-0.2, 0) is 0 Å². The fourth-order valence-electron chi connectivity index (χ4n) is 11.3. The molecular weight excluding hydrogens is 821 g/mol.